The zero-order valence-electron chi connectivity index (χ0n) is 38.9. The molecule has 0 radical (unpaired) electrons. The van der Waals surface area contributed by atoms with Gasteiger partial charge in [-0.25, -0.2) is 4.79 Å². The molecule has 9 aliphatic rings. The maximum absolute atomic E-state index is 15.3. The first-order valence-electron chi connectivity index (χ1n) is 25.7. The summed E-state index contributed by atoms with van der Waals surface area (Å²) < 4.78 is 20.4. The normalized spacial score (nSPS) is 41.9. The molecule has 7 fully saturated rings. The molecule has 3 heterocycles. The van der Waals surface area contributed by atoms with Crippen LogP contribution in [-0.2, 0) is 26.3 Å². The van der Waals surface area contributed by atoms with E-state index in [0.29, 0.717) is 30.3 Å². The van der Waals surface area contributed by atoms with Crippen LogP contribution < -0.4 is 10.1 Å². The number of aromatic nitrogens is 1. The van der Waals surface area contributed by atoms with Gasteiger partial charge in [-0.1, -0.05) is 80.0 Å². The molecule has 4 spiro atoms. The van der Waals surface area contributed by atoms with Crippen molar-refractivity contribution < 1.29 is 49.6 Å². The van der Waals surface area contributed by atoms with Gasteiger partial charge in [-0.15, -0.1) is 0 Å². The highest BCUT2D eigenvalue weighted by molar-refractivity contribution is 6.14. The quantitative estimate of drug-likeness (QED) is 0.0512. The number of allylic oxidation sites excluding steroid dienone is 1. The molecule has 2 saturated heterocycles. The van der Waals surface area contributed by atoms with Crippen molar-refractivity contribution in [3.8, 4) is 11.5 Å². The molecule has 0 bridgehead atoms. The van der Waals surface area contributed by atoms with Gasteiger partial charge in [0.25, 0.3) is 0 Å². The molecule has 2 aliphatic heterocycles. The van der Waals surface area contributed by atoms with E-state index in [-0.39, 0.29) is 45.8 Å². The SMILES string of the molecule is CNCC1CC2C3C=CC(O)C4(O)OC(C(=O)Oc5c(CO)[nH]c6ccc7cc8ccccc8cc7c56)C(OC2C2(CCC5CC6(CCCC67CCCC7)C6C=Cc7cc(O)ccc7C562)C1O)C34O. The Morgan fingerprint density at radius 2 is 1.70 bits per heavy atom. The van der Waals surface area contributed by atoms with Crippen molar-refractivity contribution in [1.29, 1.82) is 0 Å². The second-order valence-corrected chi connectivity index (χ2v) is 22.9. The lowest BCUT2D eigenvalue weighted by Crippen LogP contribution is -2.77. The number of carbonyl (C=O) groups excluding carboxylic acids is 1. The number of hydrogen-bond acceptors (Lipinski definition) is 11. The third-order valence-corrected chi connectivity index (χ3v) is 20.8. The number of benzene rings is 4. The molecule has 360 valence electrons. The molecule has 1 aromatic heterocycles. The summed E-state index contributed by atoms with van der Waals surface area (Å²) in [6, 6.07) is 21.7. The number of nitrogens with one attached hydrogen (secondary N) is 2. The van der Waals surface area contributed by atoms with Gasteiger partial charge in [0.1, 0.15) is 18.0 Å². The first kappa shape index (κ1) is 43.2. The van der Waals surface area contributed by atoms with Gasteiger partial charge in [0.05, 0.1) is 35.4 Å². The Balaban J connectivity index is 0.942. The third-order valence-electron chi connectivity index (χ3n) is 20.8. The Morgan fingerprint density at radius 1 is 0.899 bits per heavy atom. The van der Waals surface area contributed by atoms with E-state index in [9.17, 15) is 30.6 Å². The third kappa shape index (κ3) is 5.05. The molecule has 5 aromatic rings. The fourth-order valence-electron chi connectivity index (χ4n) is 18.6. The number of H-pyrrole nitrogens is 1. The number of aromatic amines is 1. The fourth-order valence-corrected chi connectivity index (χ4v) is 18.6. The van der Waals surface area contributed by atoms with Crippen molar-refractivity contribution in [3.63, 3.8) is 0 Å². The summed E-state index contributed by atoms with van der Waals surface area (Å²) in [6.07, 6.45) is 12.6. The zero-order valence-corrected chi connectivity index (χ0v) is 38.9. The number of carbonyl (C=O) groups is 1. The van der Waals surface area contributed by atoms with Gasteiger partial charge < -0.3 is 55.2 Å². The molecular weight excluding hydrogens is 873 g/mol. The summed E-state index contributed by atoms with van der Waals surface area (Å²) in [6.45, 7) is 0.0269. The van der Waals surface area contributed by atoms with Crippen LogP contribution in [0.1, 0.15) is 87.4 Å². The molecule has 12 heteroatoms. The fraction of sp³-hybridized carbons (Fsp3) is 0.526. The Labute approximate surface area is 400 Å². The van der Waals surface area contributed by atoms with Crippen LogP contribution in [0, 0.1) is 45.8 Å². The number of phenols is 1. The molecule has 7 aliphatic carbocycles. The minimum atomic E-state index is -2.66. The average molecular weight is 935 g/mol. The van der Waals surface area contributed by atoms with Crippen LogP contribution in [-0.4, -0.2) is 97.1 Å². The van der Waals surface area contributed by atoms with Gasteiger partial charge in [0, 0.05) is 23.3 Å². The highest BCUT2D eigenvalue weighted by Crippen LogP contribution is 2.84. The second-order valence-electron chi connectivity index (χ2n) is 22.9. The number of rotatable bonds is 5. The number of ether oxygens (including phenoxy) is 3. The van der Waals surface area contributed by atoms with E-state index in [2.05, 4.69) is 34.6 Å². The van der Waals surface area contributed by atoms with Gasteiger partial charge in [-0.05, 0) is 156 Å². The van der Waals surface area contributed by atoms with E-state index < -0.39 is 77.1 Å². The number of aliphatic hydroxyl groups excluding tert-OH is 3. The monoisotopic (exact) mass is 934 g/mol. The molecule has 69 heavy (non-hydrogen) atoms. The van der Waals surface area contributed by atoms with Gasteiger partial charge in [0.2, 0.25) is 5.79 Å². The van der Waals surface area contributed by atoms with Crippen LogP contribution in [0.25, 0.3) is 38.5 Å². The molecular formula is C57H62N2O10. The van der Waals surface area contributed by atoms with Gasteiger partial charge in [-0.2, -0.15) is 0 Å². The number of aromatic hydroxyl groups is 1. The number of fused-ring (bicyclic) bond motifs is 10. The van der Waals surface area contributed by atoms with E-state index in [1.54, 1.807) is 12.1 Å². The van der Waals surface area contributed by atoms with E-state index in [4.69, 9.17) is 14.2 Å². The van der Waals surface area contributed by atoms with Crippen LogP contribution in [0.4, 0.5) is 0 Å². The molecule has 15 atom stereocenters. The summed E-state index contributed by atoms with van der Waals surface area (Å²) in [7, 11) is 1.90. The van der Waals surface area contributed by atoms with Crippen LogP contribution in [0.2, 0.25) is 0 Å². The van der Waals surface area contributed by atoms with Crippen molar-refractivity contribution in [2.45, 2.75) is 125 Å². The lowest BCUT2D eigenvalue weighted by atomic mass is 9.41. The summed E-state index contributed by atoms with van der Waals surface area (Å²) in [5.74, 6) is -4.72. The summed E-state index contributed by atoms with van der Waals surface area (Å²) in [4.78, 5) is 18.5. The van der Waals surface area contributed by atoms with Crippen LogP contribution in [0.3, 0.4) is 0 Å². The smallest absolute Gasteiger partial charge is 0.343 e. The standard InChI is InChI=1S/C57H62N2O10/c1-58-28-34-26-38-40-13-16-44(62)57(66)56(40,65)50(47(69-57)51(64)67-46-42(29-60)59-41-14-9-32-23-30-7-2-3-8-31(30)25-37(32)45(41)46)68-49(38)54(48(34)63)22-17-35-27-53(21-6-20-52(53)18-4-5-19-52)43-15-10-33-24-36(61)11-12-39(33)55(35,43)54/h2-3,7-16,23-25,34-35,38,40,43-44,47-50,58-63,65-66H,4-6,17-22,26-29H2,1H3. The summed E-state index contributed by atoms with van der Waals surface area (Å²) in [5.41, 5.74) is -0.766. The van der Waals surface area contributed by atoms with Crippen molar-refractivity contribution in [2.24, 2.45) is 45.8 Å². The minimum Gasteiger partial charge on any atom is -0.508 e. The van der Waals surface area contributed by atoms with Crippen LogP contribution in [0.5, 0.6) is 11.5 Å². The minimum absolute atomic E-state index is 0.00759. The Hall–Kier alpha value is -4.63. The predicted octanol–water partition coefficient (Wildman–Crippen LogP) is 7.04. The summed E-state index contributed by atoms with van der Waals surface area (Å²) in [5, 5.41) is 81.1. The molecule has 12 nitrogen and oxygen atoms in total. The van der Waals surface area contributed by atoms with Crippen molar-refractivity contribution in [1.82, 2.24) is 10.3 Å². The van der Waals surface area contributed by atoms with E-state index >= 15 is 4.79 Å². The zero-order chi connectivity index (χ0) is 47.0. The Bertz CT molecular complexity index is 3040. The van der Waals surface area contributed by atoms with E-state index in [1.807, 2.05) is 55.6 Å². The lowest BCUT2D eigenvalue weighted by molar-refractivity contribution is -0.350. The highest BCUT2D eigenvalue weighted by Gasteiger charge is 2.85. The molecule has 5 saturated carbocycles. The molecule has 14 rings (SSSR count). The van der Waals surface area contributed by atoms with Crippen molar-refractivity contribution in [2.75, 3.05) is 13.6 Å². The average Bonchev–Trinajstić information content (AvgIpc) is 4.20. The van der Waals surface area contributed by atoms with Gasteiger partial charge >= 0.3 is 5.97 Å². The second kappa shape index (κ2) is 14.5. The largest absolute Gasteiger partial charge is 0.508 e. The highest BCUT2D eigenvalue weighted by atomic mass is 16.7. The lowest BCUT2D eigenvalue weighted by Gasteiger charge is -2.67. The maximum Gasteiger partial charge on any atom is 0.343 e. The maximum atomic E-state index is 15.3. The molecule has 8 N–H and O–H groups in total. The molecule has 15 unspecified atom stereocenters. The number of esters is 1. The molecule has 4 aromatic carbocycles. The van der Waals surface area contributed by atoms with Crippen molar-refractivity contribution >= 4 is 44.5 Å². The van der Waals surface area contributed by atoms with Crippen molar-refractivity contribution in [3.05, 3.63) is 102 Å². The topological polar surface area (TPSA) is 194 Å². The van der Waals surface area contributed by atoms with Crippen LogP contribution in [0.15, 0.2) is 85.0 Å². The first-order valence-corrected chi connectivity index (χ1v) is 25.7. The Kier molecular flexibility index (Phi) is 9.08. The number of phenolic OH excluding ortho intramolecular Hbond substituents is 1. The number of aliphatic hydroxyl groups is 5. The Morgan fingerprint density at radius 3 is 2.49 bits per heavy atom. The van der Waals surface area contributed by atoms with E-state index in [1.165, 1.54) is 44.6 Å². The molecule has 0 amide bonds. The van der Waals surface area contributed by atoms with Gasteiger partial charge in [-0.3, -0.25) is 0 Å². The van der Waals surface area contributed by atoms with E-state index in [0.717, 1.165) is 51.9 Å². The van der Waals surface area contributed by atoms with Gasteiger partial charge in [0.15, 0.2) is 17.5 Å². The first-order chi connectivity index (χ1) is 33.4. The number of hydrogen-bond donors (Lipinski definition) is 8. The summed E-state index contributed by atoms with van der Waals surface area (Å²) >= 11 is 0. The van der Waals surface area contributed by atoms with Crippen LogP contribution >= 0.6 is 0 Å². The predicted molar refractivity (Wildman–Crippen MR) is 258 cm³/mol.